The second-order valence-corrected chi connectivity index (χ2v) is 24.9. The normalized spacial score (nSPS) is 13.5. The fraction of sp³-hybridized carbons (Fsp3) is 0.579. The number of amides is 1. The molecule has 2 aromatic heterocycles. The SMILES string of the molecule is CCCCCCCCCCCCCCCCCC(=O)N1CCN(c2cc(OC)c(Cn3cc4nc(N=[N+]=[N-])nc(N[C@@H](CCC)CO[Si](c5ccccc5)(c5ccccc5)C(C)(C)C)c4n3)c(OC)c2)CC1. The molecule has 15 heteroatoms. The van der Waals surface area contributed by atoms with Gasteiger partial charge in [0.25, 0.3) is 8.32 Å². The Bertz CT molecular complexity index is 2380. The quantitative estimate of drug-likeness (QED) is 0.0150. The first-order valence-corrected chi connectivity index (χ1v) is 29.0. The number of fused-ring (bicyclic) bond motifs is 1. The Labute approximate surface area is 431 Å². The van der Waals surface area contributed by atoms with Crippen molar-refractivity contribution < 1.29 is 18.7 Å². The standard InChI is InChI=1S/C57H84N10O4Si/c1-8-10-11-12-13-14-15-16-17-18-19-20-21-22-29-35-53(68)66-38-36-65(37-39-66)46-40-51(69-6)49(52(41-46)70-7)42-67-43-50-54(63-67)55(61-56(60-50)62-64-58)59-45(30-9-2)44-71-72(57(3,4)5,47-31-25-23-26-32-47)48-33-27-24-28-34-48/h23-28,31-34,40-41,43,45H,8-22,29-30,35-39,42,44H2,1-7H3,(H,59,60,61)/t45-/m0/s1. The van der Waals surface area contributed by atoms with Crippen LogP contribution >= 0.6 is 0 Å². The van der Waals surface area contributed by atoms with Crippen molar-refractivity contribution in [3.05, 3.63) is 95.0 Å². The Balaban J connectivity index is 1.07. The first-order chi connectivity index (χ1) is 35.0. The molecule has 1 aliphatic rings. The zero-order valence-corrected chi connectivity index (χ0v) is 45.7. The molecule has 0 bridgehead atoms. The van der Waals surface area contributed by atoms with Crippen molar-refractivity contribution in [3.63, 3.8) is 0 Å². The lowest BCUT2D eigenvalue weighted by Gasteiger charge is -2.43. The van der Waals surface area contributed by atoms with Gasteiger partial charge >= 0.3 is 0 Å². The van der Waals surface area contributed by atoms with Crippen molar-refractivity contribution in [3.8, 4) is 11.5 Å². The average Bonchev–Trinajstić information content (AvgIpc) is 3.80. The predicted molar refractivity (Wildman–Crippen MR) is 297 cm³/mol. The van der Waals surface area contributed by atoms with E-state index in [4.69, 9.17) is 24.0 Å². The second kappa shape index (κ2) is 28.6. The molecule has 0 spiro atoms. The minimum atomic E-state index is -2.83. The number of azide groups is 1. The van der Waals surface area contributed by atoms with Gasteiger partial charge in [-0.3, -0.25) is 9.48 Å². The molecule has 6 rings (SSSR count). The van der Waals surface area contributed by atoms with Gasteiger partial charge < -0.3 is 29.0 Å². The van der Waals surface area contributed by atoms with E-state index >= 15 is 0 Å². The molecule has 5 aromatic rings. The summed E-state index contributed by atoms with van der Waals surface area (Å²) in [6, 6.07) is 25.2. The zero-order valence-electron chi connectivity index (χ0n) is 44.7. The first kappa shape index (κ1) is 55.7. The molecule has 1 fully saturated rings. The summed E-state index contributed by atoms with van der Waals surface area (Å²) in [5, 5.41) is 14.7. The molecule has 1 N–H and O–H groups in total. The largest absolute Gasteiger partial charge is 0.496 e. The molecule has 1 atom stereocenters. The van der Waals surface area contributed by atoms with Crippen LogP contribution in [0.2, 0.25) is 5.04 Å². The van der Waals surface area contributed by atoms with Crippen LogP contribution < -0.4 is 30.1 Å². The minimum Gasteiger partial charge on any atom is -0.496 e. The number of hydrogen-bond acceptors (Lipinski definition) is 10. The maximum absolute atomic E-state index is 13.2. The highest BCUT2D eigenvalue weighted by Gasteiger charge is 2.50. The maximum Gasteiger partial charge on any atom is 0.261 e. The molecular formula is C57H84N10O4Si. The lowest BCUT2D eigenvalue weighted by molar-refractivity contribution is -0.131. The first-order valence-electron chi connectivity index (χ1n) is 27.1. The van der Waals surface area contributed by atoms with Crippen molar-refractivity contribution >= 4 is 53.1 Å². The summed E-state index contributed by atoms with van der Waals surface area (Å²) < 4.78 is 21.2. The summed E-state index contributed by atoms with van der Waals surface area (Å²) in [5.41, 5.74) is 12.3. The monoisotopic (exact) mass is 1000 g/mol. The molecule has 0 unspecified atom stereocenters. The Morgan fingerprint density at radius 1 is 0.764 bits per heavy atom. The highest BCUT2D eigenvalue weighted by Crippen LogP contribution is 2.38. The van der Waals surface area contributed by atoms with Crippen LogP contribution in [0.4, 0.5) is 17.5 Å². The summed E-state index contributed by atoms with van der Waals surface area (Å²) in [7, 11) is 0.497. The van der Waals surface area contributed by atoms with Crippen LogP contribution in [0.1, 0.15) is 156 Å². The van der Waals surface area contributed by atoms with Gasteiger partial charge in [0.05, 0.1) is 39.1 Å². The smallest absolute Gasteiger partial charge is 0.261 e. The Morgan fingerprint density at radius 2 is 1.31 bits per heavy atom. The molecule has 390 valence electrons. The third-order valence-electron chi connectivity index (χ3n) is 14.3. The summed E-state index contributed by atoms with van der Waals surface area (Å²) in [4.78, 5) is 29.9. The van der Waals surface area contributed by atoms with Crippen molar-refractivity contribution in [2.45, 2.75) is 168 Å². The number of piperazine rings is 1. The van der Waals surface area contributed by atoms with E-state index in [0.717, 1.165) is 50.0 Å². The molecule has 0 radical (unpaired) electrons. The van der Waals surface area contributed by atoms with E-state index < -0.39 is 8.32 Å². The van der Waals surface area contributed by atoms with Gasteiger partial charge in [0.15, 0.2) is 11.3 Å². The fourth-order valence-electron chi connectivity index (χ4n) is 10.4. The predicted octanol–water partition coefficient (Wildman–Crippen LogP) is 12.9. The number of benzene rings is 3. The molecule has 3 aromatic carbocycles. The summed E-state index contributed by atoms with van der Waals surface area (Å²) in [6.45, 7) is 14.8. The number of carbonyl (C=O) groups excluding carboxylic acids is 1. The van der Waals surface area contributed by atoms with Crippen LogP contribution in [0.15, 0.2) is 84.1 Å². The molecular weight excluding hydrogens is 917 g/mol. The number of aromatic nitrogens is 4. The summed E-state index contributed by atoms with van der Waals surface area (Å²) >= 11 is 0. The molecule has 0 saturated carbocycles. The van der Waals surface area contributed by atoms with Gasteiger partial charge in [-0.25, -0.2) is 9.97 Å². The van der Waals surface area contributed by atoms with Crippen molar-refractivity contribution in [1.82, 2.24) is 24.6 Å². The zero-order chi connectivity index (χ0) is 51.2. The number of nitrogens with one attached hydrogen (secondary N) is 1. The lowest BCUT2D eigenvalue weighted by Crippen LogP contribution is -2.67. The number of nitrogens with zero attached hydrogens (tertiary/aromatic N) is 9. The van der Waals surface area contributed by atoms with Crippen LogP contribution in [-0.4, -0.2) is 91.9 Å². The molecule has 0 aliphatic carbocycles. The highest BCUT2D eigenvalue weighted by atomic mass is 28.4. The van der Waals surface area contributed by atoms with Crippen LogP contribution in [0.3, 0.4) is 0 Å². The van der Waals surface area contributed by atoms with Crippen LogP contribution in [0.5, 0.6) is 11.5 Å². The molecule has 1 saturated heterocycles. The van der Waals surface area contributed by atoms with E-state index in [0.29, 0.717) is 61.0 Å². The van der Waals surface area contributed by atoms with Gasteiger partial charge in [-0.2, -0.15) is 5.10 Å². The van der Waals surface area contributed by atoms with E-state index in [-0.39, 0.29) is 22.9 Å². The number of ether oxygens (including phenoxy) is 2. The van der Waals surface area contributed by atoms with E-state index in [1.54, 1.807) is 18.9 Å². The number of carbonyl (C=O) groups is 1. The van der Waals surface area contributed by atoms with Gasteiger partial charge in [0.1, 0.15) is 17.0 Å². The number of hydrogen-bond donors (Lipinski definition) is 1. The minimum absolute atomic E-state index is 0.00142. The summed E-state index contributed by atoms with van der Waals surface area (Å²) in [5.74, 6) is 2.06. The van der Waals surface area contributed by atoms with E-state index in [1.165, 1.54) is 93.8 Å². The third-order valence-corrected chi connectivity index (χ3v) is 19.3. The fourth-order valence-corrected chi connectivity index (χ4v) is 15.0. The van der Waals surface area contributed by atoms with E-state index in [2.05, 4.69) is 121 Å². The van der Waals surface area contributed by atoms with Crippen molar-refractivity contribution in [1.29, 1.82) is 0 Å². The van der Waals surface area contributed by atoms with Crippen LogP contribution in [0.25, 0.3) is 21.5 Å². The Hall–Kier alpha value is -5.63. The van der Waals surface area contributed by atoms with Crippen molar-refractivity contribution in [2.24, 2.45) is 5.11 Å². The van der Waals surface area contributed by atoms with Gasteiger partial charge in [-0.05, 0) is 38.9 Å². The molecule has 14 nitrogen and oxygen atoms in total. The van der Waals surface area contributed by atoms with Gasteiger partial charge in [0.2, 0.25) is 11.9 Å². The van der Waals surface area contributed by atoms with Gasteiger partial charge in [-0.1, -0.05) is 192 Å². The lowest BCUT2D eigenvalue weighted by atomic mass is 10.0. The topological polar surface area (TPSA) is 156 Å². The Kier molecular flexibility index (Phi) is 22.1. The van der Waals surface area contributed by atoms with Crippen molar-refractivity contribution in [2.75, 3.05) is 57.2 Å². The van der Waals surface area contributed by atoms with Crippen LogP contribution in [-0.2, 0) is 15.8 Å². The Morgan fingerprint density at radius 3 is 1.81 bits per heavy atom. The number of unbranched alkanes of at least 4 members (excludes halogenated alkanes) is 14. The summed E-state index contributed by atoms with van der Waals surface area (Å²) in [6.07, 6.45) is 23.9. The molecule has 72 heavy (non-hydrogen) atoms. The average molecular weight is 1000 g/mol. The molecule has 3 heterocycles. The van der Waals surface area contributed by atoms with Gasteiger partial charge in [-0.15, -0.1) is 0 Å². The van der Waals surface area contributed by atoms with Gasteiger partial charge in [0, 0.05) is 61.4 Å². The van der Waals surface area contributed by atoms with Crippen LogP contribution in [0, 0.1) is 0 Å². The maximum atomic E-state index is 13.2. The van der Waals surface area contributed by atoms with E-state index in [1.807, 2.05) is 23.2 Å². The van der Waals surface area contributed by atoms with E-state index in [9.17, 15) is 10.3 Å². The third kappa shape index (κ3) is 15.2. The number of anilines is 2. The second-order valence-electron chi connectivity index (χ2n) is 20.6. The number of rotatable bonds is 31. The highest BCUT2D eigenvalue weighted by molar-refractivity contribution is 6.99. The number of methoxy groups -OCH3 is 2. The molecule has 1 amide bonds. The molecule has 1 aliphatic heterocycles.